The van der Waals surface area contributed by atoms with Crippen LogP contribution >= 0.6 is 0 Å². The SMILES string of the molecule is O=C(Nc1ccc(Oc2ncnc3cc(OCCN4CCOCC4)c4c(c23)OCCO4)cc1)Nc1cc(C(F)(F)F)ccc1F. The largest absolute Gasteiger partial charge is 0.488 e. The third kappa shape index (κ3) is 7.10. The van der Waals surface area contributed by atoms with E-state index in [9.17, 15) is 22.4 Å². The van der Waals surface area contributed by atoms with E-state index in [-0.39, 0.29) is 11.6 Å². The number of carbonyl (C=O) groups is 1. The zero-order valence-corrected chi connectivity index (χ0v) is 23.7. The zero-order valence-electron chi connectivity index (χ0n) is 23.7. The van der Waals surface area contributed by atoms with Crippen molar-refractivity contribution in [1.29, 1.82) is 0 Å². The highest BCUT2D eigenvalue weighted by Crippen LogP contribution is 2.47. The first-order valence-corrected chi connectivity index (χ1v) is 14.0. The van der Waals surface area contributed by atoms with Crippen LogP contribution in [0.4, 0.5) is 33.7 Å². The molecule has 1 aromatic heterocycles. The molecule has 4 aromatic rings. The van der Waals surface area contributed by atoms with E-state index in [4.69, 9.17) is 23.7 Å². The Kier molecular flexibility index (Phi) is 8.71. The number of amides is 2. The molecule has 2 aliphatic heterocycles. The molecule has 0 bridgehead atoms. The maximum absolute atomic E-state index is 14.0. The molecule has 15 heteroatoms. The third-order valence-electron chi connectivity index (χ3n) is 6.98. The van der Waals surface area contributed by atoms with Crippen molar-refractivity contribution in [3.05, 3.63) is 66.2 Å². The van der Waals surface area contributed by atoms with Gasteiger partial charge >= 0.3 is 12.2 Å². The van der Waals surface area contributed by atoms with Crippen LogP contribution < -0.4 is 29.6 Å². The van der Waals surface area contributed by atoms with Crippen molar-refractivity contribution in [2.75, 3.05) is 63.3 Å². The van der Waals surface area contributed by atoms with Crippen molar-refractivity contribution < 1.29 is 46.0 Å². The highest BCUT2D eigenvalue weighted by Gasteiger charge is 2.31. The fourth-order valence-electron chi connectivity index (χ4n) is 4.78. The molecule has 2 aliphatic rings. The number of halogens is 4. The maximum atomic E-state index is 14.0. The van der Waals surface area contributed by atoms with E-state index in [1.807, 2.05) is 0 Å². The fraction of sp³-hybridized carbons (Fsp3) is 0.300. The van der Waals surface area contributed by atoms with Crippen LogP contribution in [0.2, 0.25) is 0 Å². The highest BCUT2D eigenvalue weighted by atomic mass is 19.4. The Labute approximate surface area is 254 Å². The van der Waals surface area contributed by atoms with Crippen LogP contribution in [0, 0.1) is 5.82 Å². The van der Waals surface area contributed by atoms with E-state index in [2.05, 4.69) is 25.5 Å². The first-order chi connectivity index (χ1) is 21.7. The van der Waals surface area contributed by atoms with Crippen LogP contribution in [-0.4, -0.2) is 73.6 Å². The van der Waals surface area contributed by atoms with E-state index in [0.717, 1.165) is 19.6 Å². The second kappa shape index (κ2) is 13.0. The Balaban J connectivity index is 1.15. The number of nitrogens with one attached hydrogen (secondary N) is 2. The lowest BCUT2D eigenvalue weighted by atomic mass is 10.1. The smallest absolute Gasteiger partial charge is 0.416 e. The van der Waals surface area contributed by atoms with Gasteiger partial charge in [-0.15, -0.1) is 0 Å². The average Bonchev–Trinajstić information content (AvgIpc) is 3.03. The summed E-state index contributed by atoms with van der Waals surface area (Å²) in [6, 6.07) is 8.64. The van der Waals surface area contributed by atoms with Crippen LogP contribution in [0.5, 0.6) is 28.9 Å². The Morgan fingerprint density at radius 3 is 2.44 bits per heavy atom. The number of benzene rings is 3. The number of morpholine rings is 1. The Hall–Kier alpha value is -4.89. The van der Waals surface area contributed by atoms with E-state index >= 15 is 0 Å². The van der Waals surface area contributed by atoms with Gasteiger partial charge in [0.1, 0.15) is 43.1 Å². The standard InChI is InChI=1S/C30H27F4N5O6/c31-21-6-1-18(30(32,33)34)15-22(21)38-29(40)37-19-2-4-20(5-3-19)45-28-25-23(35-17-36-28)16-24(26-27(25)44-14-13-43-26)42-12-9-39-7-10-41-11-8-39/h1-6,15-17H,7-14H2,(H2,37,38,40). The molecule has 236 valence electrons. The predicted molar refractivity (Wildman–Crippen MR) is 154 cm³/mol. The number of carbonyl (C=O) groups excluding carboxylic acids is 1. The minimum atomic E-state index is -4.69. The quantitative estimate of drug-likeness (QED) is 0.237. The van der Waals surface area contributed by atoms with Crippen molar-refractivity contribution >= 4 is 28.3 Å². The topological polar surface area (TPSA) is 116 Å². The monoisotopic (exact) mass is 629 g/mol. The van der Waals surface area contributed by atoms with Crippen molar-refractivity contribution in [2.24, 2.45) is 0 Å². The summed E-state index contributed by atoms with van der Waals surface area (Å²) in [5.41, 5.74) is -0.919. The second-order valence-electron chi connectivity index (χ2n) is 10.0. The predicted octanol–water partition coefficient (Wildman–Crippen LogP) is 5.71. The number of nitrogens with zero attached hydrogens (tertiary/aromatic N) is 3. The molecule has 0 spiro atoms. The number of rotatable bonds is 8. The van der Waals surface area contributed by atoms with Crippen LogP contribution in [-0.2, 0) is 10.9 Å². The van der Waals surface area contributed by atoms with Crippen LogP contribution in [0.1, 0.15) is 5.56 Å². The Bertz CT molecular complexity index is 1680. The third-order valence-corrected chi connectivity index (χ3v) is 6.98. The number of hydrogen-bond acceptors (Lipinski definition) is 9. The van der Waals surface area contributed by atoms with Gasteiger partial charge in [0.05, 0.1) is 30.0 Å². The first-order valence-electron chi connectivity index (χ1n) is 14.0. The summed E-state index contributed by atoms with van der Waals surface area (Å²) < 4.78 is 82.3. The van der Waals surface area contributed by atoms with Gasteiger partial charge in [0.25, 0.3) is 0 Å². The average molecular weight is 630 g/mol. The van der Waals surface area contributed by atoms with Gasteiger partial charge < -0.3 is 34.3 Å². The van der Waals surface area contributed by atoms with Crippen molar-refractivity contribution in [2.45, 2.75) is 6.18 Å². The molecule has 3 aromatic carbocycles. The van der Waals surface area contributed by atoms with Gasteiger partial charge in [0.2, 0.25) is 11.6 Å². The number of alkyl halides is 3. The zero-order chi connectivity index (χ0) is 31.4. The number of fused-ring (bicyclic) bond motifs is 3. The van der Waals surface area contributed by atoms with Crippen LogP contribution in [0.25, 0.3) is 10.9 Å². The van der Waals surface area contributed by atoms with E-state index in [0.29, 0.717) is 85.1 Å². The summed E-state index contributed by atoms with van der Waals surface area (Å²) in [6.45, 7) is 4.88. The number of aromatic nitrogens is 2. The summed E-state index contributed by atoms with van der Waals surface area (Å²) in [5, 5.41) is 5.02. The summed E-state index contributed by atoms with van der Waals surface area (Å²) >= 11 is 0. The number of hydrogen-bond donors (Lipinski definition) is 2. The van der Waals surface area contributed by atoms with Crippen LogP contribution in [0.3, 0.4) is 0 Å². The molecule has 3 heterocycles. The Morgan fingerprint density at radius 1 is 0.933 bits per heavy atom. The molecule has 0 atom stereocenters. The van der Waals surface area contributed by atoms with Gasteiger partial charge in [-0.25, -0.2) is 19.2 Å². The molecule has 0 saturated carbocycles. The lowest BCUT2D eigenvalue weighted by Crippen LogP contribution is -2.38. The summed E-state index contributed by atoms with van der Waals surface area (Å²) in [6.07, 6.45) is -3.35. The molecule has 0 unspecified atom stereocenters. The summed E-state index contributed by atoms with van der Waals surface area (Å²) in [7, 11) is 0. The molecule has 2 N–H and O–H groups in total. The second-order valence-corrected chi connectivity index (χ2v) is 10.0. The molecule has 1 saturated heterocycles. The van der Waals surface area contributed by atoms with E-state index < -0.39 is 29.3 Å². The van der Waals surface area contributed by atoms with E-state index in [1.54, 1.807) is 18.2 Å². The number of urea groups is 1. The van der Waals surface area contributed by atoms with Crippen molar-refractivity contribution in [3.63, 3.8) is 0 Å². The minimum absolute atomic E-state index is 0.195. The maximum Gasteiger partial charge on any atom is 0.416 e. The van der Waals surface area contributed by atoms with E-state index in [1.165, 1.54) is 18.5 Å². The number of anilines is 2. The highest BCUT2D eigenvalue weighted by molar-refractivity contribution is 6.00. The van der Waals surface area contributed by atoms with Crippen LogP contribution in [0.15, 0.2) is 54.9 Å². The molecule has 1 fully saturated rings. The van der Waals surface area contributed by atoms with Crippen molar-refractivity contribution in [1.82, 2.24) is 14.9 Å². The van der Waals surface area contributed by atoms with Gasteiger partial charge in [-0.1, -0.05) is 0 Å². The van der Waals surface area contributed by atoms with Crippen molar-refractivity contribution in [3.8, 4) is 28.9 Å². The molecule has 0 radical (unpaired) electrons. The minimum Gasteiger partial charge on any atom is -0.488 e. The molecular formula is C30H27F4N5O6. The van der Waals surface area contributed by atoms with Gasteiger partial charge in [0, 0.05) is 31.4 Å². The molecule has 2 amide bonds. The molecule has 11 nitrogen and oxygen atoms in total. The lowest BCUT2D eigenvalue weighted by Gasteiger charge is -2.27. The Morgan fingerprint density at radius 2 is 1.69 bits per heavy atom. The van der Waals surface area contributed by atoms with Gasteiger partial charge in [-0.3, -0.25) is 4.90 Å². The first kappa shape index (κ1) is 30.1. The van der Waals surface area contributed by atoms with Gasteiger partial charge in [-0.2, -0.15) is 13.2 Å². The van der Waals surface area contributed by atoms with Gasteiger partial charge in [-0.05, 0) is 42.5 Å². The number of ether oxygens (including phenoxy) is 5. The summed E-state index contributed by atoms with van der Waals surface area (Å²) in [4.78, 5) is 23.3. The molecular weight excluding hydrogens is 602 g/mol. The fourth-order valence-corrected chi connectivity index (χ4v) is 4.78. The molecule has 6 rings (SSSR count). The lowest BCUT2D eigenvalue weighted by molar-refractivity contribution is -0.137. The van der Waals surface area contributed by atoms with Gasteiger partial charge in [0.15, 0.2) is 11.5 Å². The summed E-state index contributed by atoms with van der Waals surface area (Å²) in [5.74, 6) is 0.850. The normalized spacial score (nSPS) is 15.0. The molecule has 0 aliphatic carbocycles. The molecule has 45 heavy (non-hydrogen) atoms.